The molecule has 150 valence electrons. The van der Waals surface area contributed by atoms with Crippen LogP contribution in [-0.4, -0.2) is 40.4 Å². The highest BCUT2D eigenvalue weighted by molar-refractivity contribution is 7.89. The summed E-state index contributed by atoms with van der Waals surface area (Å²) >= 11 is 0. The number of nitrogens with zero attached hydrogens (tertiary/aromatic N) is 2. The lowest BCUT2D eigenvalue weighted by Gasteiger charge is -2.09. The van der Waals surface area contributed by atoms with Crippen LogP contribution in [0.15, 0.2) is 46.4 Å². The smallest absolute Gasteiger partial charge is 0.315 e. The average molecular weight is 409 g/mol. The molecule has 0 amide bonds. The van der Waals surface area contributed by atoms with Gasteiger partial charge in [0.1, 0.15) is 5.75 Å². The molecule has 0 aliphatic carbocycles. The summed E-state index contributed by atoms with van der Waals surface area (Å²) in [6.07, 6.45) is 1.13. The fourth-order valence-electron chi connectivity index (χ4n) is 2.28. The molecule has 28 heavy (non-hydrogen) atoms. The van der Waals surface area contributed by atoms with E-state index in [1.807, 2.05) is 11.8 Å². The molecule has 0 aliphatic rings. The van der Waals surface area contributed by atoms with E-state index in [2.05, 4.69) is 5.10 Å². The summed E-state index contributed by atoms with van der Waals surface area (Å²) in [6, 6.07) is 8.43. The number of sulfonamides is 1. The molecule has 2 aromatic rings. The number of rotatable bonds is 9. The molecular formula is C17H19N3O7S. The largest absolute Gasteiger partial charge is 0.494 e. The Morgan fingerprint density at radius 2 is 1.86 bits per heavy atom. The molecular weight excluding hydrogens is 390 g/mol. The van der Waals surface area contributed by atoms with Crippen molar-refractivity contribution in [3.63, 3.8) is 0 Å². The summed E-state index contributed by atoms with van der Waals surface area (Å²) in [4.78, 5) is 12.6. The fraction of sp³-hybridized carbons (Fsp3) is 0.235. The highest BCUT2D eigenvalue weighted by atomic mass is 32.2. The number of methoxy groups -OCH3 is 2. The van der Waals surface area contributed by atoms with Crippen LogP contribution in [0.4, 0.5) is 5.69 Å². The highest BCUT2D eigenvalue weighted by Crippen LogP contribution is 2.37. The summed E-state index contributed by atoms with van der Waals surface area (Å²) in [5.74, 6) is 0.620. The predicted molar refractivity (Wildman–Crippen MR) is 102 cm³/mol. The van der Waals surface area contributed by atoms with Gasteiger partial charge < -0.3 is 14.2 Å². The standard InChI is InChI=1S/C17H19N3O7S/c1-4-27-13-5-7-14(8-6-13)28(23,24)19-18-11-12-9-15(20(21)22)17(26-3)16(10-12)25-2/h5-11,19H,4H2,1-3H3/b18-11+. The van der Waals surface area contributed by atoms with E-state index in [4.69, 9.17) is 14.2 Å². The highest BCUT2D eigenvalue weighted by Gasteiger charge is 2.21. The van der Waals surface area contributed by atoms with Gasteiger partial charge in [0.25, 0.3) is 10.0 Å². The maximum absolute atomic E-state index is 12.3. The summed E-state index contributed by atoms with van der Waals surface area (Å²) in [7, 11) is -1.30. The third-order valence-corrected chi connectivity index (χ3v) is 4.75. The van der Waals surface area contributed by atoms with Crippen molar-refractivity contribution < 1.29 is 27.6 Å². The van der Waals surface area contributed by atoms with Crippen LogP contribution in [0, 0.1) is 10.1 Å². The third-order valence-electron chi connectivity index (χ3n) is 3.51. The molecule has 0 bridgehead atoms. The minimum Gasteiger partial charge on any atom is -0.494 e. The Balaban J connectivity index is 2.23. The Morgan fingerprint density at radius 3 is 2.39 bits per heavy atom. The predicted octanol–water partition coefficient (Wildman–Crippen LogP) is 2.32. The van der Waals surface area contributed by atoms with Crippen molar-refractivity contribution in [3.8, 4) is 17.2 Å². The first kappa shape index (κ1) is 21.0. The Kier molecular flexibility index (Phi) is 6.77. The van der Waals surface area contributed by atoms with E-state index < -0.39 is 14.9 Å². The van der Waals surface area contributed by atoms with Crippen LogP contribution in [0.1, 0.15) is 12.5 Å². The van der Waals surface area contributed by atoms with Gasteiger partial charge in [-0.15, -0.1) is 0 Å². The van der Waals surface area contributed by atoms with Gasteiger partial charge in [0.15, 0.2) is 5.75 Å². The molecule has 2 aromatic carbocycles. The van der Waals surface area contributed by atoms with E-state index in [1.54, 1.807) is 0 Å². The third kappa shape index (κ3) is 4.88. The van der Waals surface area contributed by atoms with Gasteiger partial charge in [0.05, 0.1) is 36.9 Å². The van der Waals surface area contributed by atoms with Crippen LogP contribution < -0.4 is 19.0 Å². The molecule has 0 fully saturated rings. The minimum atomic E-state index is -3.91. The molecule has 0 aliphatic heterocycles. The number of nitro benzene ring substituents is 1. The maximum Gasteiger partial charge on any atom is 0.315 e. The molecule has 11 heteroatoms. The van der Waals surface area contributed by atoms with E-state index in [0.717, 1.165) is 6.21 Å². The Hall–Kier alpha value is -3.34. The molecule has 0 spiro atoms. The van der Waals surface area contributed by atoms with Crippen LogP contribution in [0.5, 0.6) is 17.2 Å². The van der Waals surface area contributed by atoms with Crippen molar-refractivity contribution in [2.45, 2.75) is 11.8 Å². The second-order valence-electron chi connectivity index (χ2n) is 5.29. The van der Waals surface area contributed by atoms with Gasteiger partial charge in [-0.1, -0.05) is 0 Å². The van der Waals surface area contributed by atoms with E-state index in [-0.39, 0.29) is 27.6 Å². The number of benzene rings is 2. The van der Waals surface area contributed by atoms with Crippen LogP contribution in [0.3, 0.4) is 0 Å². The fourth-order valence-corrected chi connectivity index (χ4v) is 3.07. The number of hydrazone groups is 1. The molecule has 0 radical (unpaired) electrons. The number of hydrogen-bond acceptors (Lipinski definition) is 8. The first-order chi connectivity index (χ1) is 13.3. The van der Waals surface area contributed by atoms with E-state index in [0.29, 0.717) is 12.4 Å². The quantitative estimate of drug-likeness (QED) is 0.382. The molecule has 0 heterocycles. The van der Waals surface area contributed by atoms with Gasteiger partial charge in [0.2, 0.25) is 5.75 Å². The normalized spacial score (nSPS) is 11.2. The SMILES string of the molecule is CCOc1ccc(S(=O)(=O)N/N=C/c2cc(OC)c(OC)c([N+](=O)[O-])c2)cc1. The van der Waals surface area contributed by atoms with Crippen LogP contribution >= 0.6 is 0 Å². The van der Waals surface area contributed by atoms with Gasteiger partial charge in [-0.25, -0.2) is 4.83 Å². The molecule has 0 saturated carbocycles. The molecule has 0 atom stereocenters. The van der Waals surface area contributed by atoms with Gasteiger partial charge >= 0.3 is 5.69 Å². The minimum absolute atomic E-state index is 0.00797. The molecule has 10 nitrogen and oxygen atoms in total. The Labute approximate surface area is 161 Å². The second kappa shape index (κ2) is 9.04. The van der Waals surface area contributed by atoms with Crippen molar-refractivity contribution in [2.75, 3.05) is 20.8 Å². The van der Waals surface area contributed by atoms with Gasteiger partial charge in [-0.2, -0.15) is 13.5 Å². The lowest BCUT2D eigenvalue weighted by molar-refractivity contribution is -0.385. The zero-order valence-electron chi connectivity index (χ0n) is 15.4. The van der Waals surface area contributed by atoms with Crippen LogP contribution in [-0.2, 0) is 10.0 Å². The van der Waals surface area contributed by atoms with E-state index in [1.165, 1.54) is 50.6 Å². The Morgan fingerprint density at radius 1 is 1.18 bits per heavy atom. The van der Waals surface area contributed by atoms with Crippen molar-refractivity contribution in [2.24, 2.45) is 5.10 Å². The van der Waals surface area contributed by atoms with E-state index in [9.17, 15) is 18.5 Å². The monoisotopic (exact) mass is 409 g/mol. The number of hydrogen-bond donors (Lipinski definition) is 1. The van der Waals surface area contributed by atoms with Crippen molar-refractivity contribution in [1.82, 2.24) is 4.83 Å². The van der Waals surface area contributed by atoms with Crippen LogP contribution in [0.2, 0.25) is 0 Å². The van der Waals surface area contributed by atoms with Crippen molar-refractivity contribution in [3.05, 3.63) is 52.1 Å². The van der Waals surface area contributed by atoms with Gasteiger partial charge in [-0.3, -0.25) is 10.1 Å². The number of nitro groups is 1. The summed E-state index contributed by atoms with van der Waals surface area (Å²) < 4.78 is 39.9. The first-order valence-electron chi connectivity index (χ1n) is 8.00. The number of nitrogens with one attached hydrogen (secondary N) is 1. The zero-order chi connectivity index (χ0) is 20.7. The molecule has 2 rings (SSSR count). The topological polar surface area (TPSA) is 129 Å². The molecule has 0 saturated heterocycles. The lowest BCUT2D eigenvalue weighted by Crippen LogP contribution is -2.18. The molecule has 0 aromatic heterocycles. The van der Waals surface area contributed by atoms with E-state index >= 15 is 0 Å². The summed E-state index contributed by atoms with van der Waals surface area (Å²) in [5.41, 5.74) is -0.0867. The van der Waals surface area contributed by atoms with Gasteiger partial charge in [0, 0.05) is 11.6 Å². The molecule has 1 N–H and O–H groups in total. The first-order valence-corrected chi connectivity index (χ1v) is 9.48. The van der Waals surface area contributed by atoms with Crippen LogP contribution in [0.25, 0.3) is 0 Å². The van der Waals surface area contributed by atoms with Crippen molar-refractivity contribution in [1.29, 1.82) is 0 Å². The summed E-state index contributed by atoms with van der Waals surface area (Å²) in [6.45, 7) is 2.28. The van der Waals surface area contributed by atoms with Crippen molar-refractivity contribution >= 4 is 21.9 Å². The second-order valence-corrected chi connectivity index (χ2v) is 6.95. The summed E-state index contributed by atoms with van der Waals surface area (Å²) in [5, 5.41) is 14.9. The maximum atomic E-state index is 12.3. The molecule has 0 unspecified atom stereocenters. The Bertz CT molecular complexity index is 973. The van der Waals surface area contributed by atoms with Gasteiger partial charge in [-0.05, 0) is 37.3 Å². The number of ether oxygens (including phenoxy) is 3. The lowest BCUT2D eigenvalue weighted by atomic mass is 10.2. The average Bonchev–Trinajstić information content (AvgIpc) is 2.67. The zero-order valence-corrected chi connectivity index (χ0v) is 16.2.